The number of carboxylic acids is 1. The first-order valence-electron chi connectivity index (χ1n) is 12.6. The monoisotopic (exact) mass is 569 g/mol. The van der Waals surface area contributed by atoms with Gasteiger partial charge >= 0.3 is 12.0 Å². The molecule has 7 N–H and O–H groups in total. The second kappa shape index (κ2) is 14.8. The Morgan fingerprint density at radius 2 is 1.85 bits per heavy atom. The van der Waals surface area contributed by atoms with Gasteiger partial charge in [0.15, 0.2) is 12.1 Å². The van der Waals surface area contributed by atoms with Crippen LogP contribution in [0.1, 0.15) is 51.8 Å². The van der Waals surface area contributed by atoms with Crippen LogP contribution in [0.3, 0.4) is 0 Å². The molecular weight excluding hydrogens is 534 g/mol. The molecule has 40 heavy (non-hydrogen) atoms. The van der Waals surface area contributed by atoms with E-state index >= 15 is 0 Å². The van der Waals surface area contributed by atoms with Gasteiger partial charge in [0.25, 0.3) is 5.91 Å². The number of carbonyl (C=O) groups is 6. The largest absolute Gasteiger partial charge is 0.481 e. The molecule has 1 aliphatic rings. The van der Waals surface area contributed by atoms with E-state index in [1.807, 2.05) is 0 Å². The van der Waals surface area contributed by atoms with E-state index in [9.17, 15) is 39.0 Å². The zero-order chi connectivity index (χ0) is 30.0. The van der Waals surface area contributed by atoms with Crippen LogP contribution in [-0.4, -0.2) is 119 Å². The number of hydrogen-bond donors (Lipinski definition) is 7. The molecule has 0 bridgehead atoms. The number of aliphatic hydroxyl groups is 2. The highest BCUT2D eigenvalue weighted by molar-refractivity contribution is 6.05. The number of amides is 6. The number of likely N-dealkylation sites (N-methyl/N-ethyl adjacent to an activating group) is 1. The van der Waals surface area contributed by atoms with Crippen molar-refractivity contribution >= 4 is 35.6 Å². The lowest BCUT2D eigenvalue weighted by Crippen LogP contribution is -2.58. The third kappa shape index (κ3) is 8.94. The third-order valence-corrected chi connectivity index (χ3v) is 6.35. The number of rotatable bonds is 15. The van der Waals surface area contributed by atoms with Crippen molar-refractivity contribution in [3.05, 3.63) is 5.82 Å². The molecular formula is C22H35N9O9. The van der Waals surface area contributed by atoms with Crippen LogP contribution in [0.4, 0.5) is 4.79 Å². The summed E-state index contributed by atoms with van der Waals surface area (Å²) < 4.78 is 0. The average Bonchev–Trinajstić information content (AvgIpc) is 3.56. The van der Waals surface area contributed by atoms with E-state index < -0.39 is 72.4 Å². The van der Waals surface area contributed by atoms with Crippen LogP contribution in [0.5, 0.6) is 0 Å². The van der Waals surface area contributed by atoms with Gasteiger partial charge in [-0.15, -0.1) is 10.2 Å². The molecule has 18 nitrogen and oxygen atoms in total. The Bertz CT molecular complexity index is 1070. The van der Waals surface area contributed by atoms with Crippen LogP contribution in [0.25, 0.3) is 0 Å². The van der Waals surface area contributed by atoms with Crippen molar-refractivity contribution in [2.24, 2.45) is 5.92 Å². The summed E-state index contributed by atoms with van der Waals surface area (Å²) in [5, 5.41) is 48.1. The van der Waals surface area contributed by atoms with E-state index in [1.165, 1.54) is 11.9 Å². The maximum Gasteiger partial charge on any atom is 0.325 e. The number of imide groups is 1. The van der Waals surface area contributed by atoms with E-state index in [0.29, 0.717) is 11.3 Å². The minimum absolute atomic E-state index is 0.0723. The first-order chi connectivity index (χ1) is 18.8. The summed E-state index contributed by atoms with van der Waals surface area (Å²) in [7, 11) is 1.41. The number of aliphatic hydroxyl groups excluding tert-OH is 1. The molecule has 4 atom stereocenters. The molecule has 222 valence electrons. The summed E-state index contributed by atoms with van der Waals surface area (Å²) in [5.41, 5.74) is 0. The lowest BCUT2D eigenvalue weighted by molar-refractivity contribution is -0.143. The molecule has 1 aromatic rings. The molecule has 18 heteroatoms. The molecule has 0 aromatic carbocycles. The van der Waals surface area contributed by atoms with Crippen LogP contribution in [0.15, 0.2) is 0 Å². The van der Waals surface area contributed by atoms with Crippen molar-refractivity contribution in [2.45, 2.75) is 76.9 Å². The molecule has 1 aromatic heterocycles. The Kier molecular flexibility index (Phi) is 11.9. The summed E-state index contributed by atoms with van der Waals surface area (Å²) in [6, 6.07) is -4.80. The van der Waals surface area contributed by atoms with Crippen molar-refractivity contribution in [3.8, 4) is 0 Å². The van der Waals surface area contributed by atoms with Gasteiger partial charge in [-0.25, -0.2) is 9.69 Å². The highest BCUT2D eigenvalue weighted by atomic mass is 16.5. The lowest BCUT2D eigenvalue weighted by atomic mass is 9.97. The zero-order valence-electron chi connectivity index (χ0n) is 22.4. The minimum atomic E-state index is -1.83. The second-order valence-electron chi connectivity index (χ2n) is 9.38. The van der Waals surface area contributed by atoms with Gasteiger partial charge in [0.05, 0.1) is 13.0 Å². The maximum atomic E-state index is 13.5. The van der Waals surface area contributed by atoms with Crippen LogP contribution in [0.2, 0.25) is 0 Å². The van der Waals surface area contributed by atoms with Gasteiger partial charge in [-0.1, -0.05) is 25.5 Å². The van der Waals surface area contributed by atoms with E-state index in [1.54, 1.807) is 13.8 Å². The van der Waals surface area contributed by atoms with Gasteiger partial charge in [0.2, 0.25) is 17.7 Å². The first-order valence-corrected chi connectivity index (χ1v) is 12.6. The van der Waals surface area contributed by atoms with Crippen LogP contribution in [-0.2, 0) is 30.5 Å². The minimum Gasteiger partial charge on any atom is -0.481 e. The number of tetrazole rings is 1. The number of carbonyl (C=O) groups excluding carboxylic acids is 5. The van der Waals surface area contributed by atoms with Crippen molar-refractivity contribution in [2.75, 3.05) is 13.6 Å². The van der Waals surface area contributed by atoms with Crippen molar-refractivity contribution < 1.29 is 44.1 Å². The van der Waals surface area contributed by atoms with Gasteiger partial charge < -0.3 is 36.2 Å². The fourth-order valence-electron chi connectivity index (χ4n) is 3.92. The SMILES string of the molecule is CC[C@H](C)[C@H](NC(=O)CCC(=O)O)C(=O)N[C@@H](CCC(O)O)C(=O)N1C(=O)NC[C@H]1C(=O)N(C)Cc1nn[nH]n1. The van der Waals surface area contributed by atoms with Crippen molar-refractivity contribution in [1.29, 1.82) is 0 Å². The molecule has 1 fully saturated rings. The number of aromatic nitrogens is 4. The highest BCUT2D eigenvalue weighted by Crippen LogP contribution is 2.17. The van der Waals surface area contributed by atoms with Gasteiger partial charge in [-0.2, -0.15) is 5.21 Å². The van der Waals surface area contributed by atoms with E-state index in [-0.39, 0.29) is 38.2 Å². The molecule has 2 rings (SSSR count). The predicted octanol–water partition coefficient (Wildman–Crippen LogP) is -2.95. The summed E-state index contributed by atoms with van der Waals surface area (Å²) in [6.45, 7) is 3.14. The molecule has 1 saturated heterocycles. The smallest absolute Gasteiger partial charge is 0.325 e. The first kappa shape index (κ1) is 32.0. The zero-order valence-corrected chi connectivity index (χ0v) is 22.4. The molecule has 0 radical (unpaired) electrons. The van der Waals surface area contributed by atoms with Gasteiger partial charge in [0.1, 0.15) is 18.1 Å². The predicted molar refractivity (Wildman–Crippen MR) is 132 cm³/mol. The second-order valence-corrected chi connectivity index (χ2v) is 9.38. The average molecular weight is 570 g/mol. The highest BCUT2D eigenvalue weighted by Gasteiger charge is 2.44. The Hall–Kier alpha value is -4.19. The number of nitrogens with zero attached hydrogens (tertiary/aromatic N) is 5. The number of aromatic amines is 1. The fraction of sp³-hybridized carbons (Fsp3) is 0.682. The summed E-state index contributed by atoms with van der Waals surface area (Å²) in [6.07, 6.45) is -2.89. The normalized spacial score (nSPS) is 17.1. The summed E-state index contributed by atoms with van der Waals surface area (Å²) in [5.74, 6) is -4.54. The molecule has 0 aliphatic carbocycles. The number of urea groups is 1. The third-order valence-electron chi connectivity index (χ3n) is 6.35. The van der Waals surface area contributed by atoms with E-state index in [0.717, 1.165) is 0 Å². The fourth-order valence-corrected chi connectivity index (χ4v) is 3.92. The molecule has 1 aliphatic heterocycles. The Labute approximate surface area is 228 Å². The molecule has 0 spiro atoms. The summed E-state index contributed by atoms with van der Waals surface area (Å²) >= 11 is 0. The van der Waals surface area contributed by atoms with Gasteiger partial charge in [-0.05, 0) is 12.3 Å². The van der Waals surface area contributed by atoms with Gasteiger partial charge in [0, 0.05) is 26.4 Å². The quantitative estimate of drug-likeness (QED) is 0.105. The van der Waals surface area contributed by atoms with Crippen LogP contribution in [0, 0.1) is 5.92 Å². The van der Waals surface area contributed by atoms with E-state index in [4.69, 9.17) is 5.11 Å². The molecule has 0 saturated carbocycles. The van der Waals surface area contributed by atoms with Crippen LogP contribution >= 0.6 is 0 Å². The lowest BCUT2D eigenvalue weighted by Gasteiger charge is -2.30. The summed E-state index contributed by atoms with van der Waals surface area (Å²) in [4.78, 5) is 77.4. The Balaban J connectivity index is 2.24. The molecule has 6 amide bonds. The number of hydrogen-bond acceptors (Lipinski definition) is 11. The molecule has 0 unspecified atom stereocenters. The number of carboxylic acid groups (broad SMARTS) is 1. The maximum absolute atomic E-state index is 13.5. The van der Waals surface area contributed by atoms with Crippen LogP contribution < -0.4 is 16.0 Å². The number of nitrogens with one attached hydrogen (secondary N) is 4. The number of H-pyrrole nitrogens is 1. The van der Waals surface area contributed by atoms with Crippen molar-refractivity contribution in [3.63, 3.8) is 0 Å². The molecule has 2 heterocycles. The van der Waals surface area contributed by atoms with Crippen molar-refractivity contribution in [1.82, 2.24) is 46.4 Å². The standard InChI is InChI=1S/C22H35N9O9/c1-4-11(2)18(25-15(32)6-8-17(35)36)19(37)24-12(5-7-16(33)34)20(38)31-13(9-23-22(31)40)21(39)30(3)10-14-26-28-29-27-14/h11-13,16,18,33-34H,4-10H2,1-3H3,(H,23,40)(H,24,37)(H,25,32)(H,35,36)(H,26,27,28,29)/t11-,12-,13-,18-/m0/s1. The Morgan fingerprint density at radius 1 is 1.15 bits per heavy atom. The van der Waals surface area contributed by atoms with E-state index in [2.05, 4.69) is 36.6 Å². The number of aliphatic carboxylic acids is 1. The van der Waals surface area contributed by atoms with Gasteiger partial charge in [-0.3, -0.25) is 24.0 Å². The Morgan fingerprint density at radius 3 is 2.42 bits per heavy atom. The topological polar surface area (TPSA) is 260 Å².